The van der Waals surface area contributed by atoms with Gasteiger partial charge >= 0.3 is 0 Å². The molecule has 0 aliphatic rings. The molecule has 1 heterocycles. The second kappa shape index (κ2) is 7.69. The van der Waals surface area contributed by atoms with Crippen molar-refractivity contribution < 1.29 is 4.79 Å². The van der Waals surface area contributed by atoms with E-state index in [1.165, 1.54) is 16.8 Å². The third-order valence-electron chi connectivity index (χ3n) is 2.77. The first kappa shape index (κ1) is 14.6. The molecule has 106 valence electrons. The molecule has 6 heteroatoms. The normalized spacial score (nSPS) is 10.4. The summed E-state index contributed by atoms with van der Waals surface area (Å²) in [5.41, 5.74) is 1.25. The number of nitrogens with zero attached hydrogens (tertiary/aromatic N) is 2. The number of aromatic nitrogens is 3. The van der Waals surface area contributed by atoms with Crippen LogP contribution >= 0.6 is 11.8 Å². The summed E-state index contributed by atoms with van der Waals surface area (Å²) in [5, 5.41) is 9.40. The van der Waals surface area contributed by atoms with Crippen LogP contribution in [0, 0.1) is 6.92 Å². The lowest BCUT2D eigenvalue weighted by Crippen LogP contribution is -2.26. The molecule has 0 aliphatic heterocycles. The lowest BCUT2D eigenvalue weighted by atomic mass is 10.2. The number of aromatic amines is 1. The Bertz CT molecular complexity index is 525. The second-order valence-corrected chi connectivity index (χ2v) is 5.61. The number of nitrogens with one attached hydrogen (secondary N) is 2. The SMILES string of the molecule is Cc1ccc(SCCC(=O)NCCc2ncn[nH]2)cc1. The van der Waals surface area contributed by atoms with Gasteiger partial charge in [0.15, 0.2) is 0 Å². The summed E-state index contributed by atoms with van der Waals surface area (Å²) in [6, 6.07) is 8.34. The van der Waals surface area contributed by atoms with Crippen LogP contribution in [-0.2, 0) is 11.2 Å². The van der Waals surface area contributed by atoms with Crippen molar-refractivity contribution in [1.29, 1.82) is 0 Å². The molecule has 1 aromatic heterocycles. The van der Waals surface area contributed by atoms with Crippen LogP contribution in [0.4, 0.5) is 0 Å². The first-order valence-electron chi connectivity index (χ1n) is 6.54. The molecule has 0 saturated heterocycles. The van der Waals surface area contributed by atoms with Crippen molar-refractivity contribution in [2.45, 2.75) is 24.7 Å². The molecule has 0 saturated carbocycles. The van der Waals surface area contributed by atoms with E-state index in [4.69, 9.17) is 0 Å². The molecule has 20 heavy (non-hydrogen) atoms. The van der Waals surface area contributed by atoms with Crippen LogP contribution in [-0.4, -0.2) is 33.4 Å². The van der Waals surface area contributed by atoms with Gasteiger partial charge in [0.05, 0.1) is 0 Å². The lowest BCUT2D eigenvalue weighted by molar-refractivity contribution is -0.120. The van der Waals surface area contributed by atoms with E-state index in [2.05, 4.69) is 51.7 Å². The number of H-pyrrole nitrogens is 1. The topological polar surface area (TPSA) is 70.7 Å². The lowest BCUT2D eigenvalue weighted by Gasteiger charge is -2.04. The Morgan fingerprint density at radius 2 is 2.15 bits per heavy atom. The first-order chi connectivity index (χ1) is 9.74. The Hall–Kier alpha value is -1.82. The summed E-state index contributed by atoms with van der Waals surface area (Å²) in [4.78, 5) is 16.8. The highest BCUT2D eigenvalue weighted by molar-refractivity contribution is 7.99. The molecule has 0 unspecified atom stereocenters. The first-order valence-corrected chi connectivity index (χ1v) is 7.53. The Morgan fingerprint density at radius 3 is 2.85 bits per heavy atom. The third-order valence-corrected chi connectivity index (χ3v) is 3.78. The Balaban J connectivity index is 1.59. The molecule has 0 fully saturated rings. The van der Waals surface area contributed by atoms with Gasteiger partial charge in [-0.3, -0.25) is 9.89 Å². The van der Waals surface area contributed by atoms with Crippen molar-refractivity contribution in [3.63, 3.8) is 0 Å². The fourth-order valence-electron chi connectivity index (χ4n) is 1.66. The molecular weight excluding hydrogens is 272 g/mol. The number of hydrogen-bond donors (Lipinski definition) is 2. The minimum atomic E-state index is 0.0733. The van der Waals surface area contributed by atoms with Crippen LogP contribution in [0.15, 0.2) is 35.5 Å². The van der Waals surface area contributed by atoms with Crippen molar-refractivity contribution >= 4 is 17.7 Å². The number of carbonyl (C=O) groups excluding carboxylic acids is 1. The van der Waals surface area contributed by atoms with E-state index < -0.39 is 0 Å². The molecular formula is C14H18N4OS. The maximum absolute atomic E-state index is 11.6. The van der Waals surface area contributed by atoms with Gasteiger partial charge in [-0.2, -0.15) is 5.10 Å². The summed E-state index contributed by atoms with van der Waals surface area (Å²) < 4.78 is 0. The molecule has 5 nitrogen and oxygen atoms in total. The van der Waals surface area contributed by atoms with Gasteiger partial charge in [-0.1, -0.05) is 17.7 Å². The summed E-state index contributed by atoms with van der Waals surface area (Å²) in [5.74, 6) is 1.65. The van der Waals surface area contributed by atoms with Crippen LogP contribution < -0.4 is 5.32 Å². The summed E-state index contributed by atoms with van der Waals surface area (Å²) >= 11 is 1.70. The van der Waals surface area contributed by atoms with Gasteiger partial charge in [-0.05, 0) is 19.1 Å². The molecule has 0 radical (unpaired) electrons. The van der Waals surface area contributed by atoms with E-state index in [9.17, 15) is 4.79 Å². The largest absolute Gasteiger partial charge is 0.356 e. The van der Waals surface area contributed by atoms with Crippen molar-refractivity contribution in [2.75, 3.05) is 12.3 Å². The zero-order valence-electron chi connectivity index (χ0n) is 11.4. The van der Waals surface area contributed by atoms with Crippen molar-refractivity contribution in [2.24, 2.45) is 0 Å². The van der Waals surface area contributed by atoms with E-state index in [-0.39, 0.29) is 5.91 Å². The predicted molar refractivity (Wildman–Crippen MR) is 79.6 cm³/mol. The molecule has 2 N–H and O–H groups in total. The van der Waals surface area contributed by atoms with Gasteiger partial charge in [0.25, 0.3) is 0 Å². The maximum atomic E-state index is 11.6. The zero-order chi connectivity index (χ0) is 14.2. The van der Waals surface area contributed by atoms with Gasteiger partial charge < -0.3 is 5.32 Å². The second-order valence-electron chi connectivity index (χ2n) is 4.44. The van der Waals surface area contributed by atoms with Crippen LogP contribution in [0.3, 0.4) is 0 Å². The monoisotopic (exact) mass is 290 g/mol. The Kier molecular flexibility index (Phi) is 5.61. The smallest absolute Gasteiger partial charge is 0.220 e. The molecule has 2 aromatic rings. The van der Waals surface area contributed by atoms with E-state index in [0.29, 0.717) is 19.4 Å². The molecule has 1 amide bonds. The molecule has 0 atom stereocenters. The van der Waals surface area contributed by atoms with Crippen LogP contribution in [0.25, 0.3) is 0 Å². The van der Waals surface area contributed by atoms with Crippen LogP contribution in [0.1, 0.15) is 17.8 Å². The zero-order valence-corrected chi connectivity index (χ0v) is 12.2. The van der Waals surface area contributed by atoms with Gasteiger partial charge in [0.2, 0.25) is 5.91 Å². The molecule has 1 aromatic carbocycles. The minimum Gasteiger partial charge on any atom is -0.356 e. The summed E-state index contributed by atoms with van der Waals surface area (Å²) in [7, 11) is 0. The third kappa shape index (κ3) is 5.05. The minimum absolute atomic E-state index is 0.0733. The van der Waals surface area contributed by atoms with Gasteiger partial charge in [-0.15, -0.1) is 11.8 Å². The number of benzene rings is 1. The van der Waals surface area contributed by atoms with Gasteiger partial charge in [0.1, 0.15) is 12.2 Å². The summed E-state index contributed by atoms with van der Waals surface area (Å²) in [6.07, 6.45) is 2.67. The van der Waals surface area contributed by atoms with Crippen molar-refractivity contribution in [3.05, 3.63) is 42.0 Å². The number of hydrogen-bond acceptors (Lipinski definition) is 4. The van der Waals surface area contributed by atoms with Crippen LogP contribution in [0.5, 0.6) is 0 Å². The van der Waals surface area contributed by atoms with Crippen molar-refractivity contribution in [1.82, 2.24) is 20.5 Å². The van der Waals surface area contributed by atoms with E-state index in [0.717, 1.165) is 11.6 Å². The molecule has 0 spiro atoms. The summed E-state index contributed by atoms with van der Waals surface area (Å²) in [6.45, 7) is 2.65. The highest BCUT2D eigenvalue weighted by atomic mass is 32.2. The van der Waals surface area contributed by atoms with Gasteiger partial charge in [-0.25, -0.2) is 4.98 Å². The highest BCUT2D eigenvalue weighted by Crippen LogP contribution is 2.18. The molecule has 0 aliphatic carbocycles. The Morgan fingerprint density at radius 1 is 1.35 bits per heavy atom. The number of amides is 1. The Labute approximate surface area is 122 Å². The quantitative estimate of drug-likeness (QED) is 0.765. The number of carbonyl (C=O) groups is 1. The number of rotatable bonds is 7. The fourth-order valence-corrected chi connectivity index (χ4v) is 2.51. The van der Waals surface area contributed by atoms with E-state index in [1.54, 1.807) is 11.8 Å². The maximum Gasteiger partial charge on any atom is 0.220 e. The number of thioether (sulfide) groups is 1. The average molecular weight is 290 g/mol. The van der Waals surface area contributed by atoms with Gasteiger partial charge in [0, 0.05) is 30.0 Å². The van der Waals surface area contributed by atoms with E-state index >= 15 is 0 Å². The van der Waals surface area contributed by atoms with E-state index in [1.807, 2.05) is 0 Å². The van der Waals surface area contributed by atoms with Crippen LogP contribution in [0.2, 0.25) is 0 Å². The highest BCUT2D eigenvalue weighted by Gasteiger charge is 2.02. The standard InChI is InChI=1S/C14H18N4OS/c1-11-2-4-12(5-3-11)20-9-7-14(19)15-8-6-13-16-10-17-18-13/h2-5,10H,6-9H2,1H3,(H,15,19)(H,16,17,18). The average Bonchev–Trinajstić information content (AvgIpc) is 2.94. The predicted octanol–water partition coefficient (Wildman–Crippen LogP) is 1.95. The fraction of sp³-hybridized carbons (Fsp3) is 0.357. The molecule has 0 bridgehead atoms. The van der Waals surface area contributed by atoms with Crippen molar-refractivity contribution in [3.8, 4) is 0 Å². The molecule has 2 rings (SSSR count). The number of aryl methyl sites for hydroxylation is 1.